The SMILES string of the molecule is [B]ONC1CCC(CCC)N(C(=O)OC)C1. The van der Waals surface area contributed by atoms with Crippen LogP contribution in [0.4, 0.5) is 4.79 Å². The largest absolute Gasteiger partial charge is 0.453 e. The van der Waals surface area contributed by atoms with E-state index < -0.39 is 0 Å². The van der Waals surface area contributed by atoms with Crippen molar-refractivity contribution in [3.63, 3.8) is 0 Å². The fourth-order valence-electron chi connectivity index (χ4n) is 2.19. The zero-order valence-corrected chi connectivity index (χ0v) is 9.94. The van der Waals surface area contributed by atoms with Gasteiger partial charge in [-0.3, -0.25) is 0 Å². The summed E-state index contributed by atoms with van der Waals surface area (Å²) in [6, 6.07) is 0.352. The highest BCUT2D eigenvalue weighted by molar-refractivity contribution is 5.97. The number of rotatable bonds is 4. The van der Waals surface area contributed by atoms with Gasteiger partial charge >= 0.3 is 14.1 Å². The van der Waals surface area contributed by atoms with Crippen LogP contribution in [0, 0.1) is 0 Å². The normalized spacial score (nSPS) is 25.5. The third kappa shape index (κ3) is 3.38. The minimum absolute atomic E-state index is 0.0807. The molecule has 1 rings (SSSR count). The van der Waals surface area contributed by atoms with E-state index in [1.807, 2.05) is 0 Å². The van der Waals surface area contributed by atoms with Gasteiger partial charge in [-0.2, -0.15) is 0 Å². The molecule has 1 aliphatic rings. The number of carbonyl (C=O) groups is 1. The molecule has 0 aromatic heterocycles. The lowest BCUT2D eigenvalue weighted by atomic mass is 9.96. The van der Waals surface area contributed by atoms with Gasteiger partial charge in [0.1, 0.15) is 0 Å². The molecule has 6 heteroatoms. The lowest BCUT2D eigenvalue weighted by Crippen LogP contribution is -2.52. The highest BCUT2D eigenvalue weighted by Gasteiger charge is 2.31. The smallest absolute Gasteiger partial charge is 0.409 e. The van der Waals surface area contributed by atoms with E-state index in [1.54, 1.807) is 4.90 Å². The molecule has 16 heavy (non-hydrogen) atoms. The van der Waals surface area contributed by atoms with E-state index in [9.17, 15) is 4.79 Å². The summed E-state index contributed by atoms with van der Waals surface area (Å²) in [6.07, 6.45) is 3.69. The molecule has 90 valence electrons. The van der Waals surface area contributed by atoms with Crippen LogP contribution >= 0.6 is 0 Å². The second-order valence-corrected chi connectivity index (χ2v) is 4.07. The van der Waals surface area contributed by atoms with E-state index in [0.717, 1.165) is 25.7 Å². The number of nitrogens with zero attached hydrogens (tertiary/aromatic N) is 1. The summed E-state index contributed by atoms with van der Waals surface area (Å²) in [5, 5.41) is 0. The maximum atomic E-state index is 11.6. The van der Waals surface area contributed by atoms with Crippen molar-refractivity contribution in [2.75, 3.05) is 13.7 Å². The first kappa shape index (κ1) is 13.3. The van der Waals surface area contributed by atoms with E-state index in [0.29, 0.717) is 6.54 Å². The van der Waals surface area contributed by atoms with Crippen LogP contribution in [0.5, 0.6) is 0 Å². The van der Waals surface area contributed by atoms with Gasteiger partial charge in [0, 0.05) is 18.6 Å². The summed E-state index contributed by atoms with van der Waals surface area (Å²) in [5.74, 6) is 0. The first-order valence-electron chi connectivity index (χ1n) is 5.68. The average molecular weight is 226 g/mol. The van der Waals surface area contributed by atoms with Crippen molar-refractivity contribution >= 4 is 14.1 Å². The van der Waals surface area contributed by atoms with E-state index in [4.69, 9.17) is 12.8 Å². The van der Waals surface area contributed by atoms with E-state index in [1.165, 1.54) is 7.11 Å². The average Bonchev–Trinajstić information content (AvgIpc) is 2.31. The number of nitrogens with one attached hydrogen (secondary N) is 1. The van der Waals surface area contributed by atoms with Crippen molar-refractivity contribution in [1.82, 2.24) is 10.4 Å². The summed E-state index contributed by atoms with van der Waals surface area (Å²) in [7, 11) is 6.37. The minimum atomic E-state index is -0.276. The predicted molar refractivity (Wildman–Crippen MR) is 60.8 cm³/mol. The Morgan fingerprint density at radius 3 is 2.88 bits per heavy atom. The van der Waals surface area contributed by atoms with E-state index >= 15 is 0 Å². The first-order valence-corrected chi connectivity index (χ1v) is 5.68. The van der Waals surface area contributed by atoms with E-state index in [2.05, 4.69) is 17.2 Å². The van der Waals surface area contributed by atoms with Crippen molar-refractivity contribution in [1.29, 1.82) is 0 Å². The molecule has 1 fully saturated rings. The summed E-state index contributed by atoms with van der Waals surface area (Å²) >= 11 is 0. The Kier molecular flexibility index (Phi) is 5.62. The molecule has 0 aromatic carbocycles. The molecule has 1 heterocycles. The van der Waals surface area contributed by atoms with Gasteiger partial charge in [-0.1, -0.05) is 13.3 Å². The Bertz CT molecular complexity index is 228. The number of carbonyl (C=O) groups excluding carboxylic acids is 1. The van der Waals surface area contributed by atoms with Gasteiger partial charge in [0.05, 0.1) is 7.11 Å². The molecular formula is C10H19BN2O3. The van der Waals surface area contributed by atoms with E-state index in [-0.39, 0.29) is 18.2 Å². The molecule has 0 bridgehead atoms. The Balaban J connectivity index is 2.57. The van der Waals surface area contributed by atoms with Gasteiger partial charge in [0.25, 0.3) is 0 Å². The molecule has 1 amide bonds. The molecule has 1 aliphatic heterocycles. The fraction of sp³-hybridized carbons (Fsp3) is 0.900. The van der Waals surface area contributed by atoms with Gasteiger partial charge in [0.2, 0.25) is 0 Å². The lowest BCUT2D eigenvalue weighted by molar-refractivity contribution is 0.0520. The number of methoxy groups -OCH3 is 1. The van der Waals surface area contributed by atoms with Gasteiger partial charge in [-0.25, -0.2) is 10.3 Å². The number of hydroxylamine groups is 1. The van der Waals surface area contributed by atoms with Crippen molar-refractivity contribution in [2.24, 2.45) is 0 Å². The van der Waals surface area contributed by atoms with Crippen LogP contribution in [0.3, 0.4) is 0 Å². The topological polar surface area (TPSA) is 50.8 Å². The second-order valence-electron chi connectivity index (χ2n) is 4.07. The molecule has 0 saturated carbocycles. The molecular weight excluding hydrogens is 207 g/mol. The van der Waals surface area contributed by atoms with Gasteiger partial charge < -0.3 is 14.4 Å². The van der Waals surface area contributed by atoms with Crippen molar-refractivity contribution < 1.29 is 14.3 Å². The first-order chi connectivity index (χ1) is 7.72. The third-order valence-corrected chi connectivity index (χ3v) is 2.97. The number of ether oxygens (including phenoxy) is 1. The van der Waals surface area contributed by atoms with Crippen molar-refractivity contribution in [2.45, 2.75) is 44.7 Å². The molecule has 0 spiro atoms. The summed E-state index contributed by atoms with van der Waals surface area (Å²) < 4.78 is 9.19. The summed E-state index contributed by atoms with van der Waals surface area (Å²) in [6.45, 7) is 2.69. The molecule has 0 aromatic rings. The number of hydrogen-bond donors (Lipinski definition) is 1. The second kappa shape index (κ2) is 6.76. The lowest BCUT2D eigenvalue weighted by Gasteiger charge is -2.38. The molecule has 0 aliphatic carbocycles. The van der Waals surface area contributed by atoms with Crippen molar-refractivity contribution in [3.05, 3.63) is 0 Å². The third-order valence-electron chi connectivity index (χ3n) is 2.97. The maximum Gasteiger partial charge on any atom is 0.409 e. The summed E-state index contributed by atoms with van der Waals surface area (Å²) in [5.41, 5.74) is 2.68. The highest BCUT2D eigenvalue weighted by Crippen LogP contribution is 2.21. The van der Waals surface area contributed by atoms with Crippen LogP contribution in [0.2, 0.25) is 0 Å². The van der Waals surface area contributed by atoms with Crippen LogP contribution in [0.25, 0.3) is 0 Å². The summed E-state index contributed by atoms with van der Waals surface area (Å²) in [4.78, 5) is 13.4. The van der Waals surface area contributed by atoms with Crippen LogP contribution in [-0.2, 0) is 9.49 Å². The molecule has 2 radical (unpaired) electrons. The van der Waals surface area contributed by atoms with Gasteiger partial charge in [-0.05, 0) is 19.3 Å². The fourth-order valence-corrected chi connectivity index (χ4v) is 2.19. The molecule has 1 N–H and O–H groups in total. The van der Waals surface area contributed by atoms with Gasteiger partial charge in [0.15, 0.2) is 0 Å². The number of hydrogen-bond acceptors (Lipinski definition) is 4. The molecule has 5 nitrogen and oxygen atoms in total. The Morgan fingerprint density at radius 2 is 2.31 bits per heavy atom. The monoisotopic (exact) mass is 226 g/mol. The van der Waals surface area contributed by atoms with Crippen LogP contribution in [0.15, 0.2) is 0 Å². The highest BCUT2D eigenvalue weighted by atomic mass is 16.6. The Hall–Kier alpha value is -0.745. The van der Waals surface area contributed by atoms with Gasteiger partial charge in [-0.15, -0.1) is 0 Å². The zero-order chi connectivity index (χ0) is 12.0. The Morgan fingerprint density at radius 1 is 1.56 bits per heavy atom. The van der Waals surface area contributed by atoms with Crippen LogP contribution in [-0.4, -0.2) is 44.8 Å². The number of amides is 1. The maximum absolute atomic E-state index is 11.6. The molecule has 2 atom stereocenters. The van der Waals surface area contributed by atoms with Crippen LogP contribution < -0.4 is 5.48 Å². The zero-order valence-electron chi connectivity index (χ0n) is 9.94. The number of likely N-dealkylation sites (tertiary alicyclic amines) is 1. The van der Waals surface area contributed by atoms with Crippen LogP contribution in [0.1, 0.15) is 32.6 Å². The standard InChI is InChI=1S/C10H19BN2O3/c1-3-4-9-6-5-8(12-16-11)7-13(9)10(14)15-2/h8-9,12H,3-7H2,1-2H3. The molecule has 2 unspecified atom stereocenters. The predicted octanol–water partition coefficient (Wildman–Crippen LogP) is 0.991. The Labute approximate surface area is 97.9 Å². The number of piperidine rings is 1. The minimum Gasteiger partial charge on any atom is -0.453 e. The van der Waals surface area contributed by atoms with Crippen molar-refractivity contribution in [3.8, 4) is 0 Å². The molecule has 1 saturated heterocycles. The quantitative estimate of drug-likeness (QED) is 0.573.